The largest absolute Gasteiger partial charge is 0.468 e. The second-order valence-electron chi connectivity index (χ2n) is 3.79. The Bertz CT molecular complexity index is 263. The Balaban J connectivity index is 2.34. The van der Waals surface area contributed by atoms with Gasteiger partial charge in [0.1, 0.15) is 5.38 Å². The van der Waals surface area contributed by atoms with Gasteiger partial charge >= 0.3 is 5.97 Å². The van der Waals surface area contributed by atoms with E-state index < -0.39 is 5.38 Å². The van der Waals surface area contributed by atoms with E-state index in [2.05, 4.69) is 4.74 Å². The molecule has 0 aromatic rings. The van der Waals surface area contributed by atoms with Crippen LogP contribution in [0, 0.1) is 0 Å². The fourth-order valence-electron chi connectivity index (χ4n) is 1.63. The predicted octanol–water partition coefficient (Wildman–Crippen LogP) is -0.0691. The molecule has 1 saturated heterocycles. The van der Waals surface area contributed by atoms with Crippen LogP contribution in [0.3, 0.4) is 0 Å². The number of carbonyl (C=O) groups excluding carboxylic acids is 2. The van der Waals surface area contributed by atoms with Crippen LogP contribution in [0.15, 0.2) is 0 Å². The third-order valence-electron chi connectivity index (χ3n) is 2.60. The van der Waals surface area contributed by atoms with Crippen LogP contribution in [0.5, 0.6) is 0 Å². The molecule has 1 amide bonds. The third kappa shape index (κ3) is 3.64. The number of rotatable bonds is 3. The van der Waals surface area contributed by atoms with Crippen molar-refractivity contribution < 1.29 is 14.3 Å². The molecule has 1 aliphatic rings. The van der Waals surface area contributed by atoms with Gasteiger partial charge in [0.25, 0.3) is 0 Å². The number of hydrogen-bond acceptors (Lipinski definition) is 4. The molecule has 0 radical (unpaired) electrons. The van der Waals surface area contributed by atoms with Crippen LogP contribution >= 0.6 is 11.6 Å². The van der Waals surface area contributed by atoms with Gasteiger partial charge in [0, 0.05) is 26.2 Å². The maximum Gasteiger partial charge on any atom is 0.319 e. The van der Waals surface area contributed by atoms with E-state index in [1.54, 1.807) is 11.8 Å². The number of hydrogen-bond donors (Lipinski definition) is 0. The van der Waals surface area contributed by atoms with Gasteiger partial charge in [-0.25, -0.2) is 0 Å². The van der Waals surface area contributed by atoms with Crippen molar-refractivity contribution in [3.63, 3.8) is 0 Å². The van der Waals surface area contributed by atoms with Gasteiger partial charge in [-0.15, -0.1) is 11.6 Å². The number of nitrogens with zero attached hydrogens (tertiary/aromatic N) is 2. The van der Waals surface area contributed by atoms with Gasteiger partial charge in [-0.1, -0.05) is 0 Å². The zero-order valence-electron chi connectivity index (χ0n) is 9.61. The molecular weight excluding hydrogens is 232 g/mol. The standard InChI is InChI=1S/C10H17ClN2O3/c1-8(11)10(15)13-5-3-12(4-6-13)7-9(14)16-2/h8H,3-7H2,1-2H3. The first kappa shape index (κ1) is 13.3. The lowest BCUT2D eigenvalue weighted by Gasteiger charge is -2.34. The highest BCUT2D eigenvalue weighted by Crippen LogP contribution is 2.06. The van der Waals surface area contributed by atoms with Gasteiger partial charge in [0.15, 0.2) is 0 Å². The molecule has 0 N–H and O–H groups in total. The van der Waals surface area contributed by atoms with Crippen LogP contribution in [0.1, 0.15) is 6.92 Å². The van der Waals surface area contributed by atoms with E-state index in [4.69, 9.17) is 11.6 Å². The molecule has 1 aliphatic heterocycles. The minimum Gasteiger partial charge on any atom is -0.468 e. The average Bonchev–Trinajstić information content (AvgIpc) is 2.28. The minimum atomic E-state index is -0.479. The summed E-state index contributed by atoms with van der Waals surface area (Å²) in [5.41, 5.74) is 0. The second-order valence-corrected chi connectivity index (χ2v) is 4.45. The lowest BCUT2D eigenvalue weighted by atomic mass is 10.3. The average molecular weight is 249 g/mol. The summed E-state index contributed by atoms with van der Waals surface area (Å²) in [6.07, 6.45) is 0. The summed E-state index contributed by atoms with van der Waals surface area (Å²) in [6.45, 7) is 4.56. The van der Waals surface area contributed by atoms with Crippen molar-refractivity contribution in [1.29, 1.82) is 0 Å². The van der Waals surface area contributed by atoms with Gasteiger partial charge in [-0.2, -0.15) is 0 Å². The minimum absolute atomic E-state index is 0.0422. The van der Waals surface area contributed by atoms with Crippen molar-refractivity contribution in [1.82, 2.24) is 9.80 Å². The van der Waals surface area contributed by atoms with E-state index in [1.807, 2.05) is 4.90 Å². The van der Waals surface area contributed by atoms with Crippen LogP contribution in [0.4, 0.5) is 0 Å². The number of carbonyl (C=O) groups is 2. The van der Waals surface area contributed by atoms with Crippen LogP contribution in [-0.2, 0) is 14.3 Å². The van der Waals surface area contributed by atoms with Crippen molar-refractivity contribution >= 4 is 23.5 Å². The number of esters is 1. The molecule has 1 atom stereocenters. The van der Waals surface area contributed by atoms with E-state index in [-0.39, 0.29) is 18.4 Å². The Kier molecular flexibility index (Phi) is 5.02. The molecule has 0 spiro atoms. The smallest absolute Gasteiger partial charge is 0.319 e. The number of alkyl halides is 1. The molecule has 0 aromatic heterocycles. The molecule has 1 heterocycles. The molecule has 0 saturated carbocycles. The fraction of sp³-hybridized carbons (Fsp3) is 0.800. The fourth-order valence-corrected chi connectivity index (χ4v) is 1.76. The Labute approximate surface area is 100 Å². The SMILES string of the molecule is COC(=O)CN1CCN(C(=O)C(C)Cl)CC1. The van der Waals surface area contributed by atoms with E-state index in [0.717, 1.165) is 0 Å². The summed E-state index contributed by atoms with van der Waals surface area (Å²) in [7, 11) is 1.37. The van der Waals surface area contributed by atoms with Gasteiger partial charge in [-0.3, -0.25) is 14.5 Å². The number of piperazine rings is 1. The number of halogens is 1. The first-order valence-electron chi connectivity index (χ1n) is 5.26. The van der Waals surface area contributed by atoms with Crippen molar-refractivity contribution in [2.75, 3.05) is 39.8 Å². The van der Waals surface area contributed by atoms with Gasteiger partial charge < -0.3 is 9.64 Å². The van der Waals surface area contributed by atoms with Gasteiger partial charge in [0.2, 0.25) is 5.91 Å². The molecule has 1 unspecified atom stereocenters. The highest BCUT2D eigenvalue weighted by molar-refractivity contribution is 6.30. The summed E-state index contributed by atoms with van der Waals surface area (Å²) in [6, 6.07) is 0. The lowest BCUT2D eigenvalue weighted by Crippen LogP contribution is -2.51. The second kappa shape index (κ2) is 6.06. The topological polar surface area (TPSA) is 49.9 Å². The molecule has 0 aromatic carbocycles. The zero-order chi connectivity index (χ0) is 12.1. The van der Waals surface area contributed by atoms with E-state index in [0.29, 0.717) is 26.2 Å². The summed E-state index contributed by atoms with van der Waals surface area (Å²) in [5, 5.41) is -0.479. The maximum atomic E-state index is 11.6. The highest BCUT2D eigenvalue weighted by atomic mass is 35.5. The molecule has 0 aliphatic carbocycles. The third-order valence-corrected chi connectivity index (χ3v) is 2.79. The first-order chi connectivity index (χ1) is 7.54. The summed E-state index contributed by atoms with van der Waals surface area (Å²) >= 11 is 5.73. The van der Waals surface area contributed by atoms with Crippen LogP contribution in [0.2, 0.25) is 0 Å². The van der Waals surface area contributed by atoms with E-state index >= 15 is 0 Å². The number of amides is 1. The summed E-state index contributed by atoms with van der Waals surface area (Å²) in [5.74, 6) is -0.287. The van der Waals surface area contributed by atoms with E-state index in [9.17, 15) is 9.59 Å². The molecule has 1 rings (SSSR count). The van der Waals surface area contributed by atoms with Crippen LogP contribution in [0.25, 0.3) is 0 Å². The first-order valence-corrected chi connectivity index (χ1v) is 5.70. The number of ether oxygens (including phenoxy) is 1. The van der Waals surface area contributed by atoms with Gasteiger partial charge in [0.05, 0.1) is 13.7 Å². The lowest BCUT2D eigenvalue weighted by molar-refractivity contribution is -0.142. The normalized spacial score (nSPS) is 19.3. The Morgan fingerprint density at radius 1 is 1.31 bits per heavy atom. The molecule has 5 nitrogen and oxygen atoms in total. The summed E-state index contributed by atoms with van der Waals surface area (Å²) in [4.78, 5) is 26.3. The van der Waals surface area contributed by atoms with Crippen LogP contribution in [-0.4, -0.2) is 66.9 Å². The Morgan fingerprint density at radius 3 is 2.31 bits per heavy atom. The summed E-state index contributed by atoms with van der Waals surface area (Å²) < 4.78 is 4.58. The number of methoxy groups -OCH3 is 1. The van der Waals surface area contributed by atoms with Crippen molar-refractivity contribution in [3.8, 4) is 0 Å². The molecule has 92 valence electrons. The Morgan fingerprint density at radius 2 is 1.88 bits per heavy atom. The monoisotopic (exact) mass is 248 g/mol. The highest BCUT2D eigenvalue weighted by Gasteiger charge is 2.24. The van der Waals surface area contributed by atoms with Crippen molar-refractivity contribution in [3.05, 3.63) is 0 Å². The molecule has 16 heavy (non-hydrogen) atoms. The molecule has 1 fully saturated rings. The Hall–Kier alpha value is -0.810. The molecule has 6 heteroatoms. The maximum absolute atomic E-state index is 11.6. The molecule has 0 bridgehead atoms. The molecular formula is C10H17ClN2O3. The zero-order valence-corrected chi connectivity index (χ0v) is 10.4. The van der Waals surface area contributed by atoms with E-state index in [1.165, 1.54) is 7.11 Å². The quantitative estimate of drug-likeness (QED) is 0.518. The van der Waals surface area contributed by atoms with Crippen molar-refractivity contribution in [2.24, 2.45) is 0 Å². The van der Waals surface area contributed by atoms with Gasteiger partial charge in [-0.05, 0) is 6.92 Å². The predicted molar refractivity (Wildman–Crippen MR) is 60.4 cm³/mol. The van der Waals surface area contributed by atoms with Crippen molar-refractivity contribution in [2.45, 2.75) is 12.3 Å². The van der Waals surface area contributed by atoms with Crippen LogP contribution < -0.4 is 0 Å².